The van der Waals surface area contributed by atoms with Crippen LogP contribution in [0.5, 0.6) is 5.75 Å². The summed E-state index contributed by atoms with van der Waals surface area (Å²) in [6.07, 6.45) is -0.330. The van der Waals surface area contributed by atoms with Crippen molar-refractivity contribution in [3.8, 4) is 5.75 Å². The van der Waals surface area contributed by atoms with Crippen LogP contribution in [0.25, 0.3) is 11.0 Å². The first-order valence-electron chi connectivity index (χ1n) is 12.1. The molecule has 3 aromatic carbocycles. The molecule has 0 saturated carbocycles. The lowest BCUT2D eigenvalue weighted by Crippen LogP contribution is -2.26. The molecule has 0 unspecified atom stereocenters. The van der Waals surface area contributed by atoms with E-state index in [1.807, 2.05) is 92.4 Å². The maximum Gasteiger partial charge on any atom is 0.227 e. The highest BCUT2D eigenvalue weighted by molar-refractivity contribution is 5.96. The van der Waals surface area contributed by atoms with E-state index in [-0.39, 0.29) is 18.4 Å². The van der Waals surface area contributed by atoms with Gasteiger partial charge in [-0.1, -0.05) is 42.0 Å². The van der Waals surface area contributed by atoms with Crippen LogP contribution in [0.4, 0.5) is 5.69 Å². The van der Waals surface area contributed by atoms with Crippen LogP contribution < -0.4 is 9.64 Å². The van der Waals surface area contributed by atoms with Crippen molar-refractivity contribution >= 4 is 22.6 Å². The average Bonchev–Trinajstić information content (AvgIpc) is 3.41. The zero-order valence-corrected chi connectivity index (χ0v) is 20.4. The zero-order valence-electron chi connectivity index (χ0n) is 20.4. The molecule has 1 N–H and O–H groups in total. The van der Waals surface area contributed by atoms with Gasteiger partial charge in [-0.3, -0.25) is 4.79 Å². The van der Waals surface area contributed by atoms with E-state index < -0.39 is 6.10 Å². The summed E-state index contributed by atoms with van der Waals surface area (Å²) in [5, 5.41) is 10.9. The third kappa shape index (κ3) is 4.66. The number of aliphatic hydroxyl groups excluding tert-OH is 1. The summed E-state index contributed by atoms with van der Waals surface area (Å²) >= 11 is 0. The van der Waals surface area contributed by atoms with E-state index >= 15 is 0 Å². The number of rotatable bonds is 7. The van der Waals surface area contributed by atoms with E-state index in [4.69, 9.17) is 9.72 Å². The van der Waals surface area contributed by atoms with E-state index in [0.29, 0.717) is 19.5 Å². The lowest BCUT2D eigenvalue weighted by molar-refractivity contribution is -0.117. The van der Waals surface area contributed by atoms with Crippen LogP contribution in [0.2, 0.25) is 0 Å². The summed E-state index contributed by atoms with van der Waals surface area (Å²) < 4.78 is 8.02. The highest BCUT2D eigenvalue weighted by atomic mass is 16.5. The number of hydrogen-bond donors (Lipinski definition) is 1. The number of carbonyl (C=O) groups excluding carboxylic acids is 1. The Balaban J connectivity index is 1.38. The summed E-state index contributed by atoms with van der Waals surface area (Å²) in [7, 11) is 0. The number of para-hydroxylation sites is 2. The van der Waals surface area contributed by atoms with Gasteiger partial charge >= 0.3 is 0 Å². The molecule has 6 nitrogen and oxygen atoms in total. The third-order valence-corrected chi connectivity index (χ3v) is 6.90. The number of imidazole rings is 1. The minimum Gasteiger partial charge on any atom is -0.491 e. The number of anilines is 1. The Bertz CT molecular complexity index is 1360. The van der Waals surface area contributed by atoms with Crippen LogP contribution in [-0.4, -0.2) is 39.8 Å². The van der Waals surface area contributed by atoms with Crippen molar-refractivity contribution < 1.29 is 14.6 Å². The predicted molar refractivity (Wildman–Crippen MR) is 138 cm³/mol. The molecule has 4 aromatic rings. The Morgan fingerprint density at radius 3 is 2.60 bits per heavy atom. The van der Waals surface area contributed by atoms with Crippen molar-refractivity contribution in [2.24, 2.45) is 0 Å². The van der Waals surface area contributed by atoms with Crippen molar-refractivity contribution in [3.05, 3.63) is 89.2 Å². The first kappa shape index (κ1) is 23.1. The molecule has 0 radical (unpaired) electrons. The normalized spacial score (nSPS) is 16.7. The smallest absolute Gasteiger partial charge is 0.227 e. The third-order valence-electron chi connectivity index (χ3n) is 6.90. The maximum absolute atomic E-state index is 12.9. The fraction of sp³-hybridized carbons (Fsp3) is 0.310. The lowest BCUT2D eigenvalue weighted by atomic mass is 10.1. The molecule has 180 valence electrons. The van der Waals surface area contributed by atoms with E-state index in [1.165, 1.54) is 0 Å². The van der Waals surface area contributed by atoms with Gasteiger partial charge in [-0.2, -0.15) is 0 Å². The van der Waals surface area contributed by atoms with Gasteiger partial charge in [0.25, 0.3) is 0 Å². The molecule has 2 heterocycles. The maximum atomic E-state index is 12.9. The molecule has 1 aromatic heterocycles. The van der Waals surface area contributed by atoms with E-state index in [1.54, 1.807) is 0 Å². The molecule has 5 rings (SSSR count). The van der Waals surface area contributed by atoms with Crippen molar-refractivity contribution in [3.63, 3.8) is 0 Å². The number of nitrogens with zero attached hydrogens (tertiary/aromatic N) is 3. The Labute approximate surface area is 205 Å². The molecule has 1 saturated heterocycles. The first-order chi connectivity index (χ1) is 16.9. The first-order valence-corrected chi connectivity index (χ1v) is 12.1. The fourth-order valence-electron chi connectivity index (χ4n) is 4.78. The Morgan fingerprint density at radius 2 is 1.80 bits per heavy atom. The number of aliphatic hydroxyl groups is 1. The van der Waals surface area contributed by atoms with Crippen molar-refractivity contribution in [2.45, 2.75) is 45.8 Å². The van der Waals surface area contributed by atoms with Gasteiger partial charge in [0.1, 0.15) is 24.3 Å². The van der Waals surface area contributed by atoms with Crippen LogP contribution in [-0.2, 0) is 11.3 Å². The second-order valence-electron chi connectivity index (χ2n) is 9.47. The van der Waals surface area contributed by atoms with E-state index in [9.17, 15) is 9.90 Å². The molecule has 0 aliphatic carbocycles. The van der Waals surface area contributed by atoms with Gasteiger partial charge in [0.05, 0.1) is 17.6 Å². The van der Waals surface area contributed by atoms with Crippen LogP contribution >= 0.6 is 0 Å². The average molecular weight is 470 g/mol. The molecule has 35 heavy (non-hydrogen) atoms. The second-order valence-corrected chi connectivity index (χ2v) is 9.47. The molecule has 1 amide bonds. The molecule has 1 fully saturated rings. The van der Waals surface area contributed by atoms with Crippen LogP contribution in [0, 0.1) is 20.8 Å². The fourth-order valence-corrected chi connectivity index (χ4v) is 4.78. The molecular weight excluding hydrogens is 438 g/mol. The predicted octanol–water partition coefficient (Wildman–Crippen LogP) is 4.92. The summed E-state index contributed by atoms with van der Waals surface area (Å²) in [5.41, 5.74) is 6.13. The van der Waals surface area contributed by atoms with Crippen molar-refractivity contribution in [1.82, 2.24) is 9.55 Å². The van der Waals surface area contributed by atoms with Gasteiger partial charge in [-0.25, -0.2) is 4.98 Å². The quantitative estimate of drug-likeness (QED) is 0.417. The number of ether oxygens (including phenoxy) is 1. The summed E-state index contributed by atoms with van der Waals surface area (Å²) in [6.45, 7) is 7.20. The van der Waals surface area contributed by atoms with Gasteiger partial charge in [-0.05, 0) is 62.2 Å². The number of aromatic nitrogens is 2. The van der Waals surface area contributed by atoms with Crippen molar-refractivity contribution in [2.75, 3.05) is 18.1 Å². The van der Waals surface area contributed by atoms with Crippen LogP contribution in [0.1, 0.15) is 34.9 Å². The van der Waals surface area contributed by atoms with E-state index in [2.05, 4.69) is 4.57 Å². The van der Waals surface area contributed by atoms with E-state index in [0.717, 1.165) is 45.0 Å². The van der Waals surface area contributed by atoms with Crippen LogP contribution in [0.15, 0.2) is 66.7 Å². The molecule has 6 heteroatoms. The van der Waals surface area contributed by atoms with Gasteiger partial charge in [0.15, 0.2) is 0 Å². The second kappa shape index (κ2) is 9.55. The summed E-state index contributed by atoms with van der Waals surface area (Å²) in [4.78, 5) is 19.7. The standard InChI is InChI=1S/C29H31N3O3/c1-19-11-13-23(14-12-19)31-16-22(15-28(31)34)29-30-25-8-4-5-9-26(25)32(29)17-24(33)18-35-27-10-6-7-20(2)21(27)3/h4-14,22,24,33H,15-18H2,1-3H3/t22-,24-/m1/s1. The summed E-state index contributed by atoms with van der Waals surface area (Å²) in [5.74, 6) is 1.66. The van der Waals surface area contributed by atoms with Gasteiger partial charge in [0, 0.05) is 24.6 Å². The van der Waals surface area contributed by atoms with Crippen LogP contribution in [0.3, 0.4) is 0 Å². The highest BCUT2D eigenvalue weighted by Crippen LogP contribution is 2.33. The lowest BCUT2D eigenvalue weighted by Gasteiger charge is -2.19. The molecular formula is C29H31N3O3. The number of carbonyl (C=O) groups is 1. The monoisotopic (exact) mass is 469 g/mol. The molecule has 1 aliphatic rings. The Morgan fingerprint density at radius 1 is 1.03 bits per heavy atom. The minimum absolute atomic E-state index is 0.0525. The molecule has 2 atom stereocenters. The number of aryl methyl sites for hydroxylation is 2. The minimum atomic E-state index is -0.725. The van der Waals surface area contributed by atoms with Crippen molar-refractivity contribution in [1.29, 1.82) is 0 Å². The molecule has 0 spiro atoms. The topological polar surface area (TPSA) is 67.6 Å². The molecule has 1 aliphatic heterocycles. The number of hydrogen-bond acceptors (Lipinski definition) is 4. The largest absolute Gasteiger partial charge is 0.491 e. The van der Waals surface area contributed by atoms with Gasteiger partial charge in [0.2, 0.25) is 5.91 Å². The van der Waals surface area contributed by atoms with Gasteiger partial charge < -0.3 is 19.3 Å². The van der Waals surface area contributed by atoms with Gasteiger partial charge in [-0.15, -0.1) is 0 Å². The number of amides is 1. The Kier molecular flexibility index (Phi) is 6.31. The summed E-state index contributed by atoms with van der Waals surface area (Å²) in [6, 6.07) is 21.9. The molecule has 0 bridgehead atoms. The zero-order chi connectivity index (χ0) is 24.5. The Hall–Kier alpha value is -3.64. The SMILES string of the molecule is Cc1ccc(N2C[C@H](c3nc4ccccc4n3C[C@@H](O)COc3cccc(C)c3C)CC2=O)cc1. The number of benzene rings is 3. The highest BCUT2D eigenvalue weighted by Gasteiger charge is 2.35. The number of fused-ring (bicyclic) bond motifs is 1.